The Bertz CT molecular complexity index is 410. The molecule has 20 heavy (non-hydrogen) atoms. The molecule has 1 aromatic carbocycles. The van der Waals surface area contributed by atoms with E-state index in [1.165, 1.54) is 5.56 Å². The first-order chi connectivity index (χ1) is 9.37. The number of hydrogen-bond donors (Lipinski definition) is 1. The topological polar surface area (TPSA) is 30.5 Å². The van der Waals surface area contributed by atoms with Crippen molar-refractivity contribution >= 4 is 0 Å². The Balaban J connectivity index is 2.66. The molecule has 0 aliphatic carbocycles. The van der Waals surface area contributed by atoms with E-state index in [4.69, 9.17) is 9.47 Å². The maximum absolute atomic E-state index is 5.81. The smallest absolute Gasteiger partial charge is 0.124 e. The van der Waals surface area contributed by atoms with Gasteiger partial charge in [0, 0.05) is 18.2 Å². The standard InChI is InChI=1S/C17H29NO2/c1-13(18-5)14-7-8-16(19-6)15(11-14)12-20-10-9-17(2,3)4/h7-8,11,13,18H,9-10,12H2,1-6H3. The minimum absolute atomic E-state index is 0.312. The molecule has 1 rings (SSSR count). The SMILES string of the molecule is CNC(C)c1ccc(OC)c(COCCC(C)(C)C)c1. The molecule has 1 atom stereocenters. The Kier molecular flexibility index (Phi) is 6.50. The van der Waals surface area contributed by atoms with Gasteiger partial charge in [-0.2, -0.15) is 0 Å². The van der Waals surface area contributed by atoms with Gasteiger partial charge in [0.25, 0.3) is 0 Å². The number of ether oxygens (including phenoxy) is 2. The lowest BCUT2D eigenvalue weighted by molar-refractivity contribution is 0.0947. The fourth-order valence-corrected chi connectivity index (χ4v) is 1.91. The van der Waals surface area contributed by atoms with Crippen LogP contribution in [0.15, 0.2) is 18.2 Å². The van der Waals surface area contributed by atoms with E-state index in [2.05, 4.69) is 45.1 Å². The van der Waals surface area contributed by atoms with Crippen LogP contribution in [0, 0.1) is 5.41 Å². The summed E-state index contributed by atoms with van der Waals surface area (Å²) in [6.07, 6.45) is 1.06. The van der Waals surface area contributed by atoms with Crippen LogP contribution in [0.1, 0.15) is 51.3 Å². The van der Waals surface area contributed by atoms with Crippen LogP contribution in [0.25, 0.3) is 0 Å². The molecule has 1 N–H and O–H groups in total. The van der Waals surface area contributed by atoms with Gasteiger partial charge in [0.2, 0.25) is 0 Å². The molecule has 0 spiro atoms. The molecule has 0 heterocycles. The number of benzene rings is 1. The lowest BCUT2D eigenvalue weighted by Crippen LogP contribution is -2.13. The van der Waals surface area contributed by atoms with Gasteiger partial charge in [-0.1, -0.05) is 26.8 Å². The third-order valence-corrected chi connectivity index (χ3v) is 3.49. The molecular formula is C17H29NO2. The molecule has 0 amide bonds. The molecule has 3 heteroatoms. The summed E-state index contributed by atoms with van der Waals surface area (Å²) in [4.78, 5) is 0. The van der Waals surface area contributed by atoms with Crippen LogP contribution in [0.5, 0.6) is 5.75 Å². The zero-order valence-corrected chi connectivity index (χ0v) is 13.7. The van der Waals surface area contributed by atoms with Crippen molar-refractivity contribution in [1.29, 1.82) is 0 Å². The average molecular weight is 279 g/mol. The summed E-state index contributed by atoms with van der Waals surface area (Å²) in [5, 5.41) is 3.25. The van der Waals surface area contributed by atoms with E-state index in [9.17, 15) is 0 Å². The Morgan fingerprint density at radius 1 is 1.25 bits per heavy atom. The molecule has 0 saturated carbocycles. The Hall–Kier alpha value is -1.06. The van der Waals surface area contributed by atoms with Gasteiger partial charge >= 0.3 is 0 Å². The lowest BCUT2D eigenvalue weighted by Gasteiger charge is -2.18. The molecule has 0 aliphatic heterocycles. The highest BCUT2D eigenvalue weighted by atomic mass is 16.5. The summed E-state index contributed by atoms with van der Waals surface area (Å²) in [7, 11) is 3.67. The molecule has 0 fully saturated rings. The van der Waals surface area contributed by atoms with Crippen molar-refractivity contribution in [3.8, 4) is 5.75 Å². The van der Waals surface area contributed by atoms with E-state index in [0.29, 0.717) is 18.1 Å². The number of methoxy groups -OCH3 is 1. The first-order valence-electron chi connectivity index (χ1n) is 7.29. The number of rotatable bonds is 7. The average Bonchev–Trinajstić information content (AvgIpc) is 2.41. The van der Waals surface area contributed by atoms with Crippen LogP contribution in [0.3, 0.4) is 0 Å². The van der Waals surface area contributed by atoms with Gasteiger partial charge in [0.15, 0.2) is 0 Å². The summed E-state index contributed by atoms with van der Waals surface area (Å²) < 4.78 is 11.2. The third-order valence-electron chi connectivity index (χ3n) is 3.49. The highest BCUT2D eigenvalue weighted by molar-refractivity contribution is 5.38. The van der Waals surface area contributed by atoms with Crippen LogP contribution in [-0.4, -0.2) is 20.8 Å². The molecule has 0 aromatic heterocycles. The monoisotopic (exact) mass is 279 g/mol. The van der Waals surface area contributed by atoms with Gasteiger partial charge < -0.3 is 14.8 Å². The summed E-state index contributed by atoms with van der Waals surface area (Å²) in [5.41, 5.74) is 2.68. The molecule has 114 valence electrons. The van der Waals surface area contributed by atoms with Crippen LogP contribution in [0.2, 0.25) is 0 Å². The lowest BCUT2D eigenvalue weighted by atomic mass is 9.93. The van der Waals surface area contributed by atoms with Crippen LogP contribution in [-0.2, 0) is 11.3 Å². The van der Waals surface area contributed by atoms with E-state index < -0.39 is 0 Å². The molecule has 0 aliphatic rings. The van der Waals surface area contributed by atoms with E-state index >= 15 is 0 Å². The number of hydrogen-bond acceptors (Lipinski definition) is 3. The van der Waals surface area contributed by atoms with Crippen molar-refractivity contribution in [3.05, 3.63) is 29.3 Å². The predicted molar refractivity (Wildman–Crippen MR) is 84.2 cm³/mol. The first-order valence-corrected chi connectivity index (χ1v) is 7.29. The predicted octanol–water partition coefficient (Wildman–Crippen LogP) is 3.93. The quantitative estimate of drug-likeness (QED) is 0.767. The second-order valence-corrected chi connectivity index (χ2v) is 6.44. The highest BCUT2D eigenvalue weighted by Gasteiger charge is 2.11. The number of nitrogens with one attached hydrogen (secondary N) is 1. The summed E-state index contributed by atoms with van der Waals surface area (Å²) in [6, 6.07) is 6.61. The third kappa shape index (κ3) is 5.51. The van der Waals surface area contributed by atoms with Crippen LogP contribution < -0.4 is 10.1 Å². The fraction of sp³-hybridized carbons (Fsp3) is 0.647. The van der Waals surface area contributed by atoms with E-state index in [1.54, 1.807) is 7.11 Å². The van der Waals surface area contributed by atoms with Gasteiger partial charge in [-0.15, -0.1) is 0 Å². The molecule has 0 saturated heterocycles. The molecule has 1 unspecified atom stereocenters. The summed E-state index contributed by atoms with van der Waals surface area (Å²) in [5.74, 6) is 0.896. The molecule has 0 bridgehead atoms. The van der Waals surface area contributed by atoms with Crippen LogP contribution >= 0.6 is 0 Å². The van der Waals surface area contributed by atoms with Crippen molar-refractivity contribution in [1.82, 2.24) is 5.32 Å². The zero-order valence-electron chi connectivity index (χ0n) is 13.7. The Morgan fingerprint density at radius 3 is 2.50 bits per heavy atom. The van der Waals surface area contributed by atoms with Gasteiger partial charge in [0.1, 0.15) is 5.75 Å². The normalized spacial score (nSPS) is 13.3. The van der Waals surface area contributed by atoms with Crippen LogP contribution in [0.4, 0.5) is 0 Å². The van der Waals surface area contributed by atoms with Gasteiger partial charge in [0.05, 0.1) is 13.7 Å². The summed E-state index contributed by atoms with van der Waals surface area (Å²) in [6.45, 7) is 10.2. The van der Waals surface area contributed by atoms with Gasteiger partial charge in [-0.05, 0) is 43.5 Å². The second-order valence-electron chi connectivity index (χ2n) is 6.44. The Morgan fingerprint density at radius 2 is 1.95 bits per heavy atom. The Labute approximate surface area is 123 Å². The van der Waals surface area contributed by atoms with E-state index in [-0.39, 0.29) is 0 Å². The maximum Gasteiger partial charge on any atom is 0.124 e. The fourth-order valence-electron chi connectivity index (χ4n) is 1.91. The second kappa shape index (κ2) is 7.65. The van der Waals surface area contributed by atoms with Crippen molar-refractivity contribution in [2.24, 2.45) is 5.41 Å². The van der Waals surface area contributed by atoms with Crippen molar-refractivity contribution in [2.75, 3.05) is 20.8 Å². The van der Waals surface area contributed by atoms with Crippen molar-refractivity contribution in [3.63, 3.8) is 0 Å². The first kappa shape index (κ1) is 17.0. The zero-order chi connectivity index (χ0) is 15.2. The highest BCUT2D eigenvalue weighted by Crippen LogP contribution is 2.24. The van der Waals surface area contributed by atoms with E-state index in [1.807, 2.05) is 13.1 Å². The summed E-state index contributed by atoms with van der Waals surface area (Å²) >= 11 is 0. The van der Waals surface area contributed by atoms with E-state index in [0.717, 1.165) is 24.3 Å². The largest absolute Gasteiger partial charge is 0.496 e. The molecule has 3 nitrogen and oxygen atoms in total. The minimum atomic E-state index is 0.312. The molecule has 0 radical (unpaired) electrons. The molecule has 1 aromatic rings. The molecular weight excluding hydrogens is 250 g/mol. The van der Waals surface area contributed by atoms with Gasteiger partial charge in [-0.25, -0.2) is 0 Å². The minimum Gasteiger partial charge on any atom is -0.496 e. The van der Waals surface area contributed by atoms with Crippen molar-refractivity contribution < 1.29 is 9.47 Å². The van der Waals surface area contributed by atoms with Gasteiger partial charge in [-0.3, -0.25) is 0 Å². The van der Waals surface area contributed by atoms with Crippen molar-refractivity contribution in [2.45, 2.75) is 46.8 Å². The maximum atomic E-state index is 5.81.